The van der Waals surface area contributed by atoms with E-state index in [9.17, 15) is 24.3 Å². The summed E-state index contributed by atoms with van der Waals surface area (Å²) in [5.41, 5.74) is 5.88. The second-order valence-corrected chi connectivity index (χ2v) is 13.5. The van der Waals surface area contributed by atoms with E-state index in [1.165, 1.54) is 11.1 Å². The standard InChI is InChI=1S/C40H43N5O5S/c46-34-11-8-24-44(40(34)51)26-28-14-18-30(19-15-28)29-16-12-27(13-17-29)25-41-22-5-3-1-2-4-6-23-42-32-10-7-9-31-36(32)39(50)45(38(31)49)33-20-21-35(47)43-37(33)48/h7-19,24,33,41-42,46H,1-6,20-23,25-26H2,(H,43,47,48). The number of unbranched alkanes of at least 4 members (excludes halogenated alkanes) is 5. The van der Waals surface area contributed by atoms with Crippen LogP contribution in [0.25, 0.3) is 11.1 Å². The van der Waals surface area contributed by atoms with Crippen molar-refractivity contribution in [1.82, 2.24) is 20.1 Å². The lowest BCUT2D eigenvalue weighted by Gasteiger charge is -2.27. The normalized spacial score (nSPS) is 15.6. The molecule has 10 nitrogen and oxygen atoms in total. The number of carbonyl (C=O) groups is 4. The summed E-state index contributed by atoms with van der Waals surface area (Å²) in [6, 6.07) is 24.6. The van der Waals surface area contributed by atoms with Gasteiger partial charge >= 0.3 is 0 Å². The number of fused-ring (bicyclic) bond motifs is 1. The van der Waals surface area contributed by atoms with E-state index in [2.05, 4.69) is 64.5 Å². The molecule has 1 aromatic heterocycles. The summed E-state index contributed by atoms with van der Waals surface area (Å²) < 4.78 is 2.30. The number of nitrogens with one attached hydrogen (secondary N) is 3. The Morgan fingerprint density at radius 3 is 2.14 bits per heavy atom. The van der Waals surface area contributed by atoms with Crippen LogP contribution in [0.5, 0.6) is 5.75 Å². The fourth-order valence-corrected chi connectivity index (χ4v) is 6.86. The highest BCUT2D eigenvalue weighted by Gasteiger charge is 2.45. The number of rotatable bonds is 16. The van der Waals surface area contributed by atoms with Crippen LogP contribution >= 0.6 is 12.2 Å². The first-order valence-electron chi connectivity index (χ1n) is 17.7. The Hall–Kier alpha value is -5.13. The summed E-state index contributed by atoms with van der Waals surface area (Å²) >= 11 is 5.31. The fourth-order valence-electron chi connectivity index (χ4n) is 6.66. The molecule has 6 rings (SSSR count). The van der Waals surface area contributed by atoms with Gasteiger partial charge in [-0.05, 0) is 72.3 Å². The molecule has 3 heterocycles. The molecular weight excluding hydrogens is 663 g/mol. The van der Waals surface area contributed by atoms with Crippen molar-refractivity contribution in [2.45, 2.75) is 70.5 Å². The highest BCUT2D eigenvalue weighted by molar-refractivity contribution is 7.71. The van der Waals surface area contributed by atoms with Crippen LogP contribution in [0, 0.1) is 4.64 Å². The second-order valence-electron chi connectivity index (χ2n) is 13.1. The summed E-state index contributed by atoms with van der Waals surface area (Å²) in [5.74, 6) is -1.86. The summed E-state index contributed by atoms with van der Waals surface area (Å²) in [6.45, 7) is 3.09. The van der Waals surface area contributed by atoms with Crippen LogP contribution in [0.1, 0.15) is 83.2 Å². The molecule has 0 aliphatic carbocycles. The summed E-state index contributed by atoms with van der Waals surface area (Å²) in [6.07, 6.45) is 8.68. The van der Waals surface area contributed by atoms with Gasteiger partial charge in [-0.25, -0.2) is 0 Å². The van der Waals surface area contributed by atoms with Gasteiger partial charge in [-0.15, -0.1) is 0 Å². The van der Waals surface area contributed by atoms with Crippen molar-refractivity contribution in [3.05, 3.63) is 112 Å². The molecule has 1 fully saturated rings. The number of aromatic nitrogens is 1. The predicted molar refractivity (Wildman–Crippen MR) is 199 cm³/mol. The molecule has 51 heavy (non-hydrogen) atoms. The Morgan fingerprint density at radius 1 is 0.765 bits per heavy atom. The van der Waals surface area contributed by atoms with E-state index in [-0.39, 0.29) is 30.1 Å². The number of aromatic hydroxyl groups is 1. The number of piperidine rings is 1. The molecule has 1 saturated heterocycles. The molecular formula is C40H43N5O5S. The first-order chi connectivity index (χ1) is 24.8. The Balaban J connectivity index is 0.842. The largest absolute Gasteiger partial charge is 0.505 e. The van der Waals surface area contributed by atoms with Gasteiger partial charge in [0.25, 0.3) is 11.8 Å². The van der Waals surface area contributed by atoms with E-state index in [0.717, 1.165) is 67.6 Å². The Labute approximate surface area is 302 Å². The molecule has 0 bridgehead atoms. The van der Waals surface area contributed by atoms with Crippen molar-refractivity contribution < 1.29 is 24.3 Å². The van der Waals surface area contributed by atoms with E-state index in [0.29, 0.717) is 29.0 Å². The van der Waals surface area contributed by atoms with Gasteiger partial charge in [0.2, 0.25) is 11.8 Å². The SMILES string of the molecule is O=C1CCC(N2C(=O)c3cccc(NCCCCCCCCNCc4ccc(-c5ccc(Cn6cccc(O)c6=S)cc5)cc4)c3C2=O)C(=O)N1. The van der Waals surface area contributed by atoms with E-state index in [1.54, 1.807) is 30.3 Å². The van der Waals surface area contributed by atoms with Crippen LogP contribution in [0.3, 0.4) is 0 Å². The molecule has 3 aromatic carbocycles. The van der Waals surface area contributed by atoms with Crippen molar-refractivity contribution in [1.29, 1.82) is 0 Å². The molecule has 0 radical (unpaired) electrons. The maximum Gasteiger partial charge on any atom is 0.264 e. The molecule has 264 valence electrons. The summed E-state index contributed by atoms with van der Waals surface area (Å²) in [5, 5.41) is 19.0. The predicted octanol–water partition coefficient (Wildman–Crippen LogP) is 6.58. The minimum atomic E-state index is -0.967. The number of imide groups is 2. The summed E-state index contributed by atoms with van der Waals surface area (Å²) in [7, 11) is 0. The lowest BCUT2D eigenvalue weighted by molar-refractivity contribution is -0.136. The third kappa shape index (κ3) is 8.61. The van der Waals surface area contributed by atoms with Gasteiger partial charge < -0.3 is 20.3 Å². The third-order valence-electron chi connectivity index (χ3n) is 9.49. The molecule has 4 N–H and O–H groups in total. The highest BCUT2D eigenvalue weighted by Crippen LogP contribution is 2.32. The Bertz CT molecular complexity index is 1960. The first-order valence-corrected chi connectivity index (χ1v) is 18.1. The molecule has 11 heteroatoms. The van der Waals surface area contributed by atoms with Crippen LogP contribution in [-0.4, -0.2) is 57.3 Å². The Kier molecular flexibility index (Phi) is 11.7. The number of benzene rings is 3. The minimum Gasteiger partial charge on any atom is -0.505 e. The molecule has 4 amide bonds. The number of hydrogen-bond donors (Lipinski definition) is 4. The number of hydrogen-bond acceptors (Lipinski definition) is 8. The zero-order chi connectivity index (χ0) is 35.7. The topological polar surface area (TPSA) is 133 Å². The van der Waals surface area contributed by atoms with Crippen LogP contribution in [0.2, 0.25) is 0 Å². The zero-order valence-corrected chi connectivity index (χ0v) is 29.3. The smallest absolute Gasteiger partial charge is 0.264 e. The van der Waals surface area contributed by atoms with Crippen molar-refractivity contribution in [3.63, 3.8) is 0 Å². The molecule has 4 aromatic rings. The van der Waals surface area contributed by atoms with Gasteiger partial charge in [-0.2, -0.15) is 0 Å². The number of nitrogens with zero attached hydrogens (tertiary/aromatic N) is 2. The molecule has 0 spiro atoms. The quantitative estimate of drug-likeness (QED) is 0.0584. The molecule has 0 saturated carbocycles. The van der Waals surface area contributed by atoms with E-state index < -0.39 is 23.8 Å². The van der Waals surface area contributed by atoms with Crippen molar-refractivity contribution in [3.8, 4) is 16.9 Å². The van der Waals surface area contributed by atoms with Crippen LogP contribution in [0.15, 0.2) is 85.1 Å². The van der Waals surface area contributed by atoms with Gasteiger partial charge in [0.1, 0.15) is 16.4 Å². The van der Waals surface area contributed by atoms with Crippen LogP contribution in [-0.2, 0) is 22.7 Å². The van der Waals surface area contributed by atoms with Gasteiger partial charge in [0, 0.05) is 37.9 Å². The maximum atomic E-state index is 13.2. The average molecular weight is 706 g/mol. The first kappa shape index (κ1) is 35.7. The lowest BCUT2D eigenvalue weighted by Crippen LogP contribution is -2.54. The lowest BCUT2D eigenvalue weighted by atomic mass is 10.0. The van der Waals surface area contributed by atoms with Crippen molar-refractivity contribution in [2.75, 3.05) is 18.4 Å². The van der Waals surface area contributed by atoms with E-state index in [1.807, 2.05) is 10.8 Å². The van der Waals surface area contributed by atoms with E-state index in [4.69, 9.17) is 12.2 Å². The van der Waals surface area contributed by atoms with E-state index >= 15 is 0 Å². The van der Waals surface area contributed by atoms with Gasteiger partial charge in [0.05, 0.1) is 11.1 Å². The highest BCUT2D eigenvalue weighted by atomic mass is 32.1. The number of amides is 4. The Morgan fingerprint density at radius 2 is 1.43 bits per heavy atom. The number of pyridine rings is 1. The zero-order valence-electron chi connectivity index (χ0n) is 28.5. The van der Waals surface area contributed by atoms with Crippen molar-refractivity contribution in [2.24, 2.45) is 0 Å². The molecule has 2 aliphatic rings. The molecule has 1 unspecified atom stereocenters. The molecule has 1 atom stereocenters. The van der Waals surface area contributed by atoms with Gasteiger partial charge in [0.15, 0.2) is 0 Å². The fraction of sp³-hybridized carbons (Fsp3) is 0.325. The second kappa shape index (κ2) is 16.7. The van der Waals surface area contributed by atoms with Crippen LogP contribution in [0.4, 0.5) is 5.69 Å². The van der Waals surface area contributed by atoms with Gasteiger partial charge in [-0.1, -0.05) is 92.5 Å². The maximum absolute atomic E-state index is 13.2. The monoisotopic (exact) mass is 705 g/mol. The van der Waals surface area contributed by atoms with Crippen molar-refractivity contribution >= 4 is 41.5 Å². The minimum absolute atomic E-state index is 0.0972. The van der Waals surface area contributed by atoms with Crippen LogP contribution < -0.4 is 16.0 Å². The summed E-state index contributed by atoms with van der Waals surface area (Å²) in [4.78, 5) is 51.2. The number of anilines is 1. The third-order valence-corrected chi connectivity index (χ3v) is 9.93. The number of carbonyl (C=O) groups excluding carboxylic acids is 4. The average Bonchev–Trinajstić information content (AvgIpc) is 3.39. The van der Waals surface area contributed by atoms with Gasteiger partial charge in [-0.3, -0.25) is 29.4 Å². The molecule has 2 aliphatic heterocycles.